The molecule has 0 saturated carbocycles. The summed E-state index contributed by atoms with van der Waals surface area (Å²) in [6, 6.07) is 19.5. The van der Waals surface area contributed by atoms with Crippen LogP contribution in [0.15, 0.2) is 77.7 Å². The Kier molecular flexibility index (Phi) is 7.48. The number of rotatable bonds is 8. The maximum absolute atomic E-state index is 12.9. The lowest BCUT2D eigenvalue weighted by molar-refractivity contribution is 0.0858. The van der Waals surface area contributed by atoms with Crippen molar-refractivity contribution in [2.45, 2.75) is 30.8 Å². The Bertz CT molecular complexity index is 1320. The van der Waals surface area contributed by atoms with Gasteiger partial charge in [0.2, 0.25) is 0 Å². The zero-order chi connectivity index (χ0) is 24.8. The molecule has 3 aromatic carbocycles. The van der Waals surface area contributed by atoms with Gasteiger partial charge in [-0.1, -0.05) is 30.3 Å². The molecule has 1 aliphatic rings. The van der Waals surface area contributed by atoms with Crippen molar-refractivity contribution in [2.24, 2.45) is 0 Å². The predicted octanol–water partition coefficient (Wildman–Crippen LogP) is 3.96. The zero-order valence-corrected chi connectivity index (χ0v) is 20.1. The van der Waals surface area contributed by atoms with Crippen LogP contribution in [0.4, 0.5) is 11.4 Å². The molecule has 35 heavy (non-hydrogen) atoms. The number of hydrogen-bond donors (Lipinski definition) is 3. The van der Waals surface area contributed by atoms with Crippen LogP contribution in [0.3, 0.4) is 0 Å². The van der Waals surface area contributed by atoms with Gasteiger partial charge in [-0.25, -0.2) is 8.42 Å². The van der Waals surface area contributed by atoms with Gasteiger partial charge in [0.1, 0.15) is 0 Å². The minimum atomic E-state index is -3.75. The van der Waals surface area contributed by atoms with Crippen LogP contribution in [0, 0.1) is 6.92 Å². The van der Waals surface area contributed by atoms with Crippen molar-refractivity contribution in [2.75, 3.05) is 23.2 Å². The number of benzene rings is 3. The van der Waals surface area contributed by atoms with Crippen molar-refractivity contribution in [1.29, 1.82) is 0 Å². The Hall–Kier alpha value is -3.69. The highest BCUT2D eigenvalue weighted by atomic mass is 32.2. The lowest BCUT2D eigenvalue weighted by Gasteiger charge is -2.15. The molecule has 9 heteroatoms. The Morgan fingerprint density at radius 3 is 2.40 bits per heavy atom. The van der Waals surface area contributed by atoms with Crippen molar-refractivity contribution in [1.82, 2.24) is 5.32 Å². The molecule has 0 bridgehead atoms. The van der Waals surface area contributed by atoms with Crippen molar-refractivity contribution in [3.05, 3.63) is 89.5 Å². The maximum atomic E-state index is 12.9. The van der Waals surface area contributed by atoms with E-state index >= 15 is 0 Å². The maximum Gasteiger partial charge on any atom is 0.261 e. The van der Waals surface area contributed by atoms with Gasteiger partial charge in [-0.3, -0.25) is 14.3 Å². The van der Waals surface area contributed by atoms with Crippen LogP contribution in [0.1, 0.15) is 39.1 Å². The van der Waals surface area contributed by atoms with E-state index in [1.54, 1.807) is 61.5 Å². The fourth-order valence-corrected chi connectivity index (χ4v) is 4.97. The highest BCUT2D eigenvalue weighted by molar-refractivity contribution is 7.92. The standard InChI is InChI=1S/C26H27N3O5S/c1-18-16-19(13-14-23(18)29-35(32,33)21-9-3-2-4-10-21)25(30)28-24-12-6-5-11-22(24)26(31)27-17-20-8-7-15-34-20/h2-6,9-14,16,20,29H,7-8,15,17H2,1H3,(H,27,31)(H,28,30)/t20-/m1/s1. The minimum absolute atomic E-state index is 0.0153. The van der Waals surface area contributed by atoms with Gasteiger partial charge in [0.25, 0.3) is 21.8 Å². The molecule has 3 N–H and O–H groups in total. The number of sulfonamides is 1. The summed E-state index contributed by atoms with van der Waals surface area (Å²) in [5.41, 5.74) is 2.02. The van der Waals surface area contributed by atoms with Crippen molar-refractivity contribution in [3.8, 4) is 0 Å². The summed E-state index contributed by atoms with van der Waals surface area (Å²) in [5.74, 6) is -0.705. The van der Waals surface area contributed by atoms with E-state index in [0.29, 0.717) is 41.2 Å². The molecule has 2 amide bonds. The van der Waals surface area contributed by atoms with Gasteiger partial charge in [-0.2, -0.15) is 0 Å². The highest BCUT2D eigenvalue weighted by Gasteiger charge is 2.20. The predicted molar refractivity (Wildman–Crippen MR) is 134 cm³/mol. The van der Waals surface area contributed by atoms with Crippen LogP contribution in [0.2, 0.25) is 0 Å². The van der Waals surface area contributed by atoms with E-state index in [4.69, 9.17) is 4.74 Å². The first-order valence-electron chi connectivity index (χ1n) is 11.3. The van der Waals surface area contributed by atoms with Crippen LogP contribution >= 0.6 is 0 Å². The minimum Gasteiger partial charge on any atom is -0.376 e. The average molecular weight is 494 g/mol. The first-order valence-corrected chi connectivity index (χ1v) is 12.8. The smallest absolute Gasteiger partial charge is 0.261 e. The second kappa shape index (κ2) is 10.7. The summed E-state index contributed by atoms with van der Waals surface area (Å²) < 4.78 is 33.3. The van der Waals surface area contributed by atoms with Gasteiger partial charge in [0.05, 0.1) is 27.9 Å². The molecule has 3 aromatic rings. The second-order valence-electron chi connectivity index (χ2n) is 8.29. The summed E-state index contributed by atoms with van der Waals surface area (Å²) in [6.45, 7) is 2.84. The molecular weight excluding hydrogens is 466 g/mol. The van der Waals surface area contributed by atoms with E-state index in [-0.39, 0.29) is 16.9 Å². The fraction of sp³-hybridized carbons (Fsp3) is 0.231. The summed E-state index contributed by atoms with van der Waals surface area (Å²) in [7, 11) is -3.75. The van der Waals surface area contributed by atoms with E-state index < -0.39 is 15.9 Å². The number of aryl methyl sites for hydroxylation is 1. The van der Waals surface area contributed by atoms with Crippen LogP contribution < -0.4 is 15.4 Å². The topological polar surface area (TPSA) is 114 Å². The molecule has 1 aliphatic heterocycles. The van der Waals surface area contributed by atoms with Gasteiger partial charge >= 0.3 is 0 Å². The lowest BCUT2D eigenvalue weighted by atomic mass is 10.1. The van der Waals surface area contributed by atoms with Gasteiger partial charge in [-0.05, 0) is 67.8 Å². The molecule has 0 spiro atoms. The molecule has 1 heterocycles. The molecule has 8 nitrogen and oxygen atoms in total. The van der Waals surface area contributed by atoms with Gasteiger partial charge in [0.15, 0.2) is 0 Å². The quantitative estimate of drug-likeness (QED) is 0.440. The van der Waals surface area contributed by atoms with E-state index in [9.17, 15) is 18.0 Å². The summed E-state index contributed by atoms with van der Waals surface area (Å²) >= 11 is 0. The zero-order valence-electron chi connectivity index (χ0n) is 19.3. The molecule has 1 saturated heterocycles. The van der Waals surface area contributed by atoms with E-state index in [1.807, 2.05) is 0 Å². The first kappa shape index (κ1) is 24.4. The largest absolute Gasteiger partial charge is 0.376 e. The molecular formula is C26H27N3O5S. The fourth-order valence-electron chi connectivity index (χ4n) is 3.81. The molecule has 0 radical (unpaired) electrons. The third-order valence-electron chi connectivity index (χ3n) is 5.72. The van der Waals surface area contributed by atoms with Crippen molar-refractivity contribution in [3.63, 3.8) is 0 Å². The Morgan fingerprint density at radius 2 is 1.69 bits per heavy atom. The number of carbonyl (C=O) groups is 2. The molecule has 182 valence electrons. The van der Waals surface area contributed by atoms with Crippen molar-refractivity contribution < 1.29 is 22.7 Å². The lowest BCUT2D eigenvalue weighted by Crippen LogP contribution is -2.32. The number of hydrogen-bond acceptors (Lipinski definition) is 5. The van der Waals surface area contributed by atoms with Gasteiger partial charge in [-0.15, -0.1) is 0 Å². The van der Waals surface area contributed by atoms with Crippen LogP contribution in [-0.4, -0.2) is 39.5 Å². The Morgan fingerprint density at radius 1 is 0.943 bits per heavy atom. The summed E-state index contributed by atoms with van der Waals surface area (Å²) in [4.78, 5) is 25.8. The van der Waals surface area contributed by atoms with Crippen LogP contribution in [0.25, 0.3) is 0 Å². The monoisotopic (exact) mass is 493 g/mol. The number of anilines is 2. The van der Waals surface area contributed by atoms with Crippen LogP contribution in [-0.2, 0) is 14.8 Å². The number of para-hydroxylation sites is 1. The molecule has 1 fully saturated rings. The Labute approximate surface area is 204 Å². The molecule has 4 rings (SSSR count). The van der Waals surface area contributed by atoms with E-state index in [0.717, 1.165) is 12.8 Å². The molecule has 1 atom stereocenters. The summed E-state index contributed by atoms with van der Waals surface area (Å²) in [6.07, 6.45) is 1.91. The highest BCUT2D eigenvalue weighted by Crippen LogP contribution is 2.22. The van der Waals surface area contributed by atoms with Crippen molar-refractivity contribution >= 4 is 33.2 Å². The number of carbonyl (C=O) groups excluding carboxylic acids is 2. The summed E-state index contributed by atoms with van der Waals surface area (Å²) in [5, 5.41) is 5.65. The second-order valence-corrected chi connectivity index (χ2v) is 9.98. The SMILES string of the molecule is Cc1cc(C(=O)Nc2ccccc2C(=O)NC[C@H]2CCCO2)ccc1NS(=O)(=O)c1ccccc1. The molecule has 0 unspecified atom stereocenters. The van der Waals surface area contributed by atoms with Gasteiger partial charge < -0.3 is 15.4 Å². The number of ether oxygens (including phenoxy) is 1. The van der Waals surface area contributed by atoms with Gasteiger partial charge in [0, 0.05) is 18.7 Å². The molecule has 0 aliphatic carbocycles. The first-order chi connectivity index (χ1) is 16.8. The third kappa shape index (κ3) is 6.06. The third-order valence-corrected chi connectivity index (χ3v) is 7.10. The number of amides is 2. The average Bonchev–Trinajstić information content (AvgIpc) is 3.38. The Balaban J connectivity index is 1.45. The molecule has 0 aromatic heterocycles. The number of nitrogens with one attached hydrogen (secondary N) is 3. The van der Waals surface area contributed by atoms with E-state index in [2.05, 4.69) is 15.4 Å². The normalized spacial score (nSPS) is 15.4. The van der Waals surface area contributed by atoms with E-state index in [1.165, 1.54) is 18.2 Å². The van der Waals surface area contributed by atoms with Crippen LogP contribution in [0.5, 0.6) is 0 Å².